The number of nitrogens with one attached hydrogen (secondary N) is 1. The van der Waals surface area contributed by atoms with Gasteiger partial charge >= 0.3 is 5.97 Å². The van der Waals surface area contributed by atoms with Gasteiger partial charge in [-0.1, -0.05) is 12.1 Å². The lowest BCUT2D eigenvalue weighted by Crippen LogP contribution is -2.35. The largest absolute Gasteiger partial charge is 0.468 e. The Hall–Kier alpha value is -4.99. The summed E-state index contributed by atoms with van der Waals surface area (Å²) < 4.78 is 22.6. The summed E-state index contributed by atoms with van der Waals surface area (Å²) in [6, 6.07) is 20.4. The number of aromatic nitrogens is 4. The lowest BCUT2D eigenvalue weighted by molar-refractivity contribution is -0.143. The van der Waals surface area contributed by atoms with Crippen LogP contribution in [0.5, 0.6) is 0 Å². The molecule has 1 saturated carbocycles. The highest BCUT2D eigenvalue weighted by atomic mass is 19.1. The minimum Gasteiger partial charge on any atom is -0.468 e. The Morgan fingerprint density at radius 2 is 1.67 bits per heavy atom. The molecule has 0 unspecified atom stereocenters. The quantitative estimate of drug-likeness (QED) is 0.179. The van der Waals surface area contributed by atoms with Gasteiger partial charge in [0.1, 0.15) is 5.82 Å². The molecular formula is C38H41FN6O3. The Bertz CT molecular complexity index is 1960. The Labute approximate surface area is 279 Å². The van der Waals surface area contributed by atoms with Crippen LogP contribution in [0.1, 0.15) is 62.4 Å². The molecule has 0 bridgehead atoms. The first kappa shape index (κ1) is 31.6. The van der Waals surface area contributed by atoms with E-state index in [-0.39, 0.29) is 23.2 Å². The molecule has 0 radical (unpaired) electrons. The molecule has 3 aromatic carbocycles. The van der Waals surface area contributed by atoms with Crippen LogP contribution in [0.3, 0.4) is 0 Å². The van der Waals surface area contributed by atoms with Crippen LogP contribution in [-0.4, -0.2) is 51.6 Å². The third-order valence-corrected chi connectivity index (χ3v) is 9.83. The second kappa shape index (κ2) is 12.2. The minimum atomic E-state index is -0.447. The summed E-state index contributed by atoms with van der Waals surface area (Å²) in [6.07, 6.45) is 7.22. The molecule has 1 N–H and O–H groups in total. The molecule has 1 saturated heterocycles. The average Bonchev–Trinajstić information content (AvgIpc) is 3.61. The van der Waals surface area contributed by atoms with Crippen molar-refractivity contribution in [1.82, 2.24) is 19.6 Å². The van der Waals surface area contributed by atoms with Crippen LogP contribution in [-0.2, 0) is 27.0 Å². The summed E-state index contributed by atoms with van der Waals surface area (Å²) in [6.45, 7) is 8.74. The van der Waals surface area contributed by atoms with Gasteiger partial charge in [0.05, 0.1) is 47.2 Å². The van der Waals surface area contributed by atoms with E-state index in [4.69, 9.17) is 9.84 Å². The fraction of sp³-hybridized carbons (Fsp3) is 0.368. The molecule has 9 nitrogen and oxygen atoms in total. The first-order chi connectivity index (χ1) is 23.1. The SMILES string of the molecule is COC(=O)C1(c2ccc(N3CCC(Cn4ncc5ccc(NC(=O)c6cnn(C(C)(C)C)c6-c6ccc(F)cc6)cc54)CC3)cc2)CC1. The normalized spacial score (nSPS) is 16.2. The van der Waals surface area contributed by atoms with Gasteiger partial charge in [-0.05, 0) is 113 Å². The molecule has 0 atom stereocenters. The highest BCUT2D eigenvalue weighted by Crippen LogP contribution is 2.49. The molecule has 3 heterocycles. The number of fused-ring (bicyclic) bond motifs is 1. The number of carbonyl (C=O) groups excluding carboxylic acids is 2. The van der Waals surface area contributed by atoms with E-state index in [0.717, 1.165) is 67.3 Å². The van der Waals surface area contributed by atoms with Gasteiger partial charge in [0.15, 0.2) is 0 Å². The van der Waals surface area contributed by atoms with E-state index in [2.05, 4.69) is 39.6 Å². The van der Waals surface area contributed by atoms with Crippen LogP contribution in [0.2, 0.25) is 0 Å². The van der Waals surface area contributed by atoms with Crippen molar-refractivity contribution in [3.63, 3.8) is 0 Å². The van der Waals surface area contributed by atoms with E-state index in [9.17, 15) is 14.0 Å². The zero-order valence-corrected chi connectivity index (χ0v) is 27.9. The Balaban J connectivity index is 1.03. The maximum Gasteiger partial charge on any atom is 0.316 e. The average molecular weight is 649 g/mol. The second-order valence-corrected chi connectivity index (χ2v) is 14.1. The molecule has 1 aliphatic carbocycles. The first-order valence-corrected chi connectivity index (χ1v) is 16.6. The van der Waals surface area contributed by atoms with Crippen LogP contribution in [0.4, 0.5) is 15.8 Å². The molecule has 0 spiro atoms. The van der Waals surface area contributed by atoms with E-state index < -0.39 is 5.41 Å². The summed E-state index contributed by atoms with van der Waals surface area (Å²) in [4.78, 5) is 28.4. The number of methoxy groups -OCH3 is 1. The third-order valence-electron chi connectivity index (χ3n) is 9.83. The molecule has 1 aliphatic heterocycles. The number of hydrogen-bond acceptors (Lipinski definition) is 6. The van der Waals surface area contributed by atoms with Crippen LogP contribution >= 0.6 is 0 Å². The molecule has 2 aliphatic rings. The number of amides is 1. The maximum absolute atomic E-state index is 13.7. The van der Waals surface area contributed by atoms with E-state index in [1.807, 2.05) is 54.5 Å². The van der Waals surface area contributed by atoms with Crippen molar-refractivity contribution in [2.24, 2.45) is 5.92 Å². The predicted octanol–water partition coefficient (Wildman–Crippen LogP) is 7.17. The van der Waals surface area contributed by atoms with Gasteiger partial charge in [0, 0.05) is 42.0 Å². The molecule has 5 aromatic rings. The van der Waals surface area contributed by atoms with Crippen molar-refractivity contribution in [1.29, 1.82) is 0 Å². The van der Waals surface area contributed by atoms with E-state index >= 15 is 0 Å². The second-order valence-electron chi connectivity index (χ2n) is 14.1. The van der Waals surface area contributed by atoms with Crippen molar-refractivity contribution in [2.45, 2.75) is 64.0 Å². The molecule has 10 heteroatoms. The van der Waals surface area contributed by atoms with Crippen molar-refractivity contribution < 1.29 is 18.7 Å². The first-order valence-electron chi connectivity index (χ1n) is 16.6. The lowest BCUT2D eigenvalue weighted by Gasteiger charge is -2.34. The lowest BCUT2D eigenvalue weighted by atomic mass is 9.94. The number of esters is 1. The van der Waals surface area contributed by atoms with Crippen LogP contribution in [0.15, 0.2) is 79.1 Å². The fourth-order valence-electron chi connectivity index (χ4n) is 6.94. The molecule has 7 rings (SSSR count). The number of benzene rings is 3. The minimum absolute atomic E-state index is 0.138. The number of anilines is 2. The van der Waals surface area contributed by atoms with Gasteiger partial charge in [-0.3, -0.25) is 19.0 Å². The van der Waals surface area contributed by atoms with E-state index in [1.165, 1.54) is 24.9 Å². The summed E-state index contributed by atoms with van der Waals surface area (Å²) in [5.41, 5.74) is 4.80. The highest BCUT2D eigenvalue weighted by Gasteiger charge is 2.52. The zero-order valence-electron chi connectivity index (χ0n) is 27.9. The van der Waals surface area contributed by atoms with Gasteiger partial charge in [-0.25, -0.2) is 4.39 Å². The third kappa shape index (κ3) is 5.95. The molecule has 2 fully saturated rings. The Morgan fingerprint density at radius 1 is 0.958 bits per heavy atom. The standard InChI is InChI=1S/C38H41FN6O3/c1-37(2,3)45-34(26-5-10-29(39)11-6-26)32(23-41-45)35(46)42-30-12-7-27-22-40-44(33(27)21-30)24-25-15-19-43(20-16-25)31-13-8-28(9-14-31)38(17-18-38)36(47)48-4/h5-14,21-23,25H,15-20,24H2,1-4H3,(H,42,46). The van der Waals surface area contributed by atoms with E-state index in [1.54, 1.807) is 18.3 Å². The highest BCUT2D eigenvalue weighted by molar-refractivity contribution is 6.08. The van der Waals surface area contributed by atoms with Crippen molar-refractivity contribution >= 4 is 34.2 Å². The summed E-state index contributed by atoms with van der Waals surface area (Å²) >= 11 is 0. The van der Waals surface area contributed by atoms with Crippen molar-refractivity contribution in [3.8, 4) is 11.3 Å². The number of hydrogen-bond donors (Lipinski definition) is 1. The summed E-state index contributed by atoms with van der Waals surface area (Å²) in [5, 5.41) is 13.3. The smallest absolute Gasteiger partial charge is 0.316 e. The fourth-order valence-corrected chi connectivity index (χ4v) is 6.94. The summed E-state index contributed by atoms with van der Waals surface area (Å²) in [5.74, 6) is -0.289. The molecule has 248 valence electrons. The predicted molar refractivity (Wildman–Crippen MR) is 185 cm³/mol. The zero-order chi connectivity index (χ0) is 33.6. The summed E-state index contributed by atoms with van der Waals surface area (Å²) in [7, 11) is 1.46. The van der Waals surface area contributed by atoms with Crippen molar-refractivity contribution in [2.75, 3.05) is 30.4 Å². The number of piperidine rings is 1. The van der Waals surface area contributed by atoms with Crippen LogP contribution < -0.4 is 10.2 Å². The molecular weight excluding hydrogens is 607 g/mol. The molecule has 2 aromatic heterocycles. The Morgan fingerprint density at radius 3 is 2.31 bits per heavy atom. The van der Waals surface area contributed by atoms with Crippen LogP contribution in [0.25, 0.3) is 22.2 Å². The van der Waals surface area contributed by atoms with Gasteiger partial charge in [-0.15, -0.1) is 0 Å². The maximum atomic E-state index is 13.7. The topological polar surface area (TPSA) is 94.3 Å². The molecule has 1 amide bonds. The Kier molecular flexibility index (Phi) is 8.05. The van der Waals surface area contributed by atoms with Crippen LogP contribution in [0, 0.1) is 11.7 Å². The number of rotatable bonds is 8. The van der Waals surface area contributed by atoms with Crippen molar-refractivity contribution in [3.05, 3.63) is 96.1 Å². The number of ether oxygens (including phenoxy) is 1. The van der Waals surface area contributed by atoms with Gasteiger partial charge in [0.2, 0.25) is 0 Å². The van der Waals surface area contributed by atoms with Gasteiger partial charge in [-0.2, -0.15) is 10.2 Å². The monoisotopic (exact) mass is 648 g/mol. The van der Waals surface area contributed by atoms with Gasteiger partial charge in [0.25, 0.3) is 5.91 Å². The van der Waals surface area contributed by atoms with Gasteiger partial charge < -0.3 is 15.0 Å². The number of nitrogens with zero attached hydrogens (tertiary/aromatic N) is 5. The number of halogens is 1. The molecule has 48 heavy (non-hydrogen) atoms. The number of carbonyl (C=O) groups is 2. The van der Waals surface area contributed by atoms with E-state index in [0.29, 0.717) is 22.9 Å².